The highest BCUT2D eigenvalue weighted by atomic mass is 16.5. The third-order valence-electron chi connectivity index (χ3n) is 2.29. The average Bonchev–Trinajstić information content (AvgIpc) is 2.18. The van der Waals surface area contributed by atoms with E-state index < -0.39 is 5.97 Å². The Morgan fingerprint density at radius 1 is 1.57 bits per heavy atom. The van der Waals surface area contributed by atoms with Gasteiger partial charge in [0.25, 0.3) is 0 Å². The van der Waals surface area contributed by atoms with E-state index in [0.717, 1.165) is 13.1 Å². The second kappa shape index (κ2) is 5.95. The lowest BCUT2D eigenvalue weighted by molar-refractivity contribution is -0.137. The van der Waals surface area contributed by atoms with Crippen molar-refractivity contribution >= 4 is 5.97 Å². The van der Waals surface area contributed by atoms with Crippen LogP contribution in [-0.2, 0) is 9.53 Å². The number of ether oxygens (including phenoxy) is 1. The highest BCUT2D eigenvalue weighted by Crippen LogP contribution is 2.05. The summed E-state index contributed by atoms with van der Waals surface area (Å²) in [7, 11) is 0. The van der Waals surface area contributed by atoms with Gasteiger partial charge < -0.3 is 14.9 Å². The lowest BCUT2D eigenvalue weighted by Crippen LogP contribution is -2.44. The molecule has 1 saturated heterocycles. The van der Waals surface area contributed by atoms with Gasteiger partial charge in [-0.2, -0.15) is 0 Å². The van der Waals surface area contributed by atoms with Crippen molar-refractivity contribution in [1.29, 1.82) is 0 Å². The first-order valence-electron chi connectivity index (χ1n) is 4.89. The number of carbonyl (C=O) groups is 1. The minimum atomic E-state index is -0.753. The minimum absolute atomic E-state index is 0.0371. The summed E-state index contributed by atoms with van der Waals surface area (Å²) in [6.45, 7) is 2.96. The van der Waals surface area contributed by atoms with E-state index >= 15 is 0 Å². The molecule has 0 radical (unpaired) electrons. The maximum atomic E-state index is 10.3. The fourth-order valence-electron chi connectivity index (χ4n) is 1.55. The van der Waals surface area contributed by atoms with E-state index in [1.807, 2.05) is 0 Å². The van der Waals surface area contributed by atoms with Gasteiger partial charge in [-0.1, -0.05) is 0 Å². The maximum Gasteiger partial charge on any atom is 0.303 e. The van der Waals surface area contributed by atoms with Gasteiger partial charge in [0, 0.05) is 19.5 Å². The van der Waals surface area contributed by atoms with E-state index in [0.29, 0.717) is 19.6 Å². The summed E-state index contributed by atoms with van der Waals surface area (Å²) in [5.74, 6) is -0.753. The number of hydrogen-bond donors (Lipinski definition) is 2. The zero-order chi connectivity index (χ0) is 10.4. The van der Waals surface area contributed by atoms with Crippen LogP contribution in [0, 0.1) is 0 Å². The number of morpholine rings is 1. The van der Waals surface area contributed by atoms with Crippen LogP contribution in [0.1, 0.15) is 12.8 Å². The van der Waals surface area contributed by atoms with Crippen molar-refractivity contribution in [3.63, 3.8) is 0 Å². The Morgan fingerprint density at radius 3 is 3.00 bits per heavy atom. The third-order valence-corrected chi connectivity index (χ3v) is 2.29. The Bertz CT molecular complexity index is 186. The standard InChI is InChI=1S/C9H17NO4/c11-7-8-6-10(4-5-14-8)3-1-2-9(12)13/h8,11H,1-7H2,(H,12,13). The summed E-state index contributed by atoms with van der Waals surface area (Å²) in [5.41, 5.74) is 0. The van der Waals surface area contributed by atoms with Crippen molar-refractivity contribution in [2.75, 3.05) is 32.8 Å². The first kappa shape index (κ1) is 11.4. The summed E-state index contributed by atoms with van der Waals surface area (Å²) in [4.78, 5) is 12.4. The van der Waals surface area contributed by atoms with Crippen LogP contribution in [0.5, 0.6) is 0 Å². The molecule has 1 atom stereocenters. The van der Waals surface area contributed by atoms with E-state index in [2.05, 4.69) is 4.90 Å². The lowest BCUT2D eigenvalue weighted by Gasteiger charge is -2.31. The molecule has 0 amide bonds. The van der Waals surface area contributed by atoms with Gasteiger partial charge in [-0.05, 0) is 13.0 Å². The molecular formula is C9H17NO4. The van der Waals surface area contributed by atoms with Gasteiger partial charge in [0.05, 0.1) is 19.3 Å². The molecule has 0 aromatic carbocycles. The van der Waals surface area contributed by atoms with E-state index in [1.165, 1.54) is 0 Å². The number of carboxylic acid groups (broad SMARTS) is 1. The number of aliphatic hydroxyl groups is 1. The molecule has 0 saturated carbocycles. The predicted molar refractivity (Wildman–Crippen MR) is 50.1 cm³/mol. The SMILES string of the molecule is O=C(O)CCCN1CCOC(CO)C1. The zero-order valence-corrected chi connectivity index (χ0v) is 8.19. The van der Waals surface area contributed by atoms with Gasteiger partial charge in [-0.15, -0.1) is 0 Å². The van der Waals surface area contributed by atoms with Crippen molar-refractivity contribution in [2.24, 2.45) is 0 Å². The van der Waals surface area contributed by atoms with Gasteiger partial charge in [-0.3, -0.25) is 9.69 Å². The molecule has 2 N–H and O–H groups in total. The molecule has 0 bridgehead atoms. The summed E-state index contributed by atoms with van der Waals surface area (Å²) in [5, 5.41) is 17.3. The maximum absolute atomic E-state index is 10.3. The van der Waals surface area contributed by atoms with Crippen molar-refractivity contribution in [1.82, 2.24) is 4.90 Å². The molecular weight excluding hydrogens is 186 g/mol. The molecule has 1 aliphatic heterocycles. The Balaban J connectivity index is 2.14. The number of carboxylic acids is 1. The van der Waals surface area contributed by atoms with Gasteiger partial charge >= 0.3 is 5.97 Å². The molecule has 1 fully saturated rings. The second-order valence-corrected chi connectivity index (χ2v) is 3.47. The monoisotopic (exact) mass is 203 g/mol. The van der Waals surface area contributed by atoms with E-state index in [1.54, 1.807) is 0 Å². The van der Waals surface area contributed by atoms with Crippen LogP contribution in [0.15, 0.2) is 0 Å². The largest absolute Gasteiger partial charge is 0.481 e. The summed E-state index contributed by atoms with van der Waals surface area (Å²) >= 11 is 0. The van der Waals surface area contributed by atoms with E-state index in [-0.39, 0.29) is 19.1 Å². The van der Waals surface area contributed by atoms with Gasteiger partial charge in [0.2, 0.25) is 0 Å². The van der Waals surface area contributed by atoms with Crippen LogP contribution in [-0.4, -0.2) is 60.0 Å². The normalized spacial score (nSPS) is 23.6. The van der Waals surface area contributed by atoms with Crippen LogP contribution in [0.2, 0.25) is 0 Å². The number of hydrogen-bond acceptors (Lipinski definition) is 4. The van der Waals surface area contributed by atoms with Crippen LogP contribution in [0.4, 0.5) is 0 Å². The van der Waals surface area contributed by atoms with E-state index in [9.17, 15) is 4.79 Å². The molecule has 0 aromatic rings. The first-order chi connectivity index (χ1) is 6.72. The Labute approximate surface area is 83.3 Å². The van der Waals surface area contributed by atoms with Crippen LogP contribution in [0.3, 0.4) is 0 Å². The number of aliphatic hydroxyl groups excluding tert-OH is 1. The number of aliphatic carboxylic acids is 1. The first-order valence-corrected chi connectivity index (χ1v) is 4.89. The molecule has 1 rings (SSSR count). The van der Waals surface area contributed by atoms with Crippen molar-refractivity contribution in [2.45, 2.75) is 18.9 Å². The number of rotatable bonds is 5. The summed E-state index contributed by atoms with van der Waals surface area (Å²) < 4.78 is 5.28. The topological polar surface area (TPSA) is 70.0 Å². The molecule has 1 heterocycles. The van der Waals surface area contributed by atoms with Crippen molar-refractivity contribution in [3.05, 3.63) is 0 Å². The van der Waals surface area contributed by atoms with Gasteiger partial charge in [0.1, 0.15) is 0 Å². The fraction of sp³-hybridized carbons (Fsp3) is 0.889. The Hall–Kier alpha value is -0.650. The molecule has 0 aromatic heterocycles. The Kier molecular flexibility index (Phi) is 4.86. The summed E-state index contributed by atoms with van der Waals surface area (Å²) in [6, 6.07) is 0. The van der Waals surface area contributed by atoms with Gasteiger partial charge in [-0.25, -0.2) is 0 Å². The van der Waals surface area contributed by atoms with Crippen LogP contribution >= 0.6 is 0 Å². The molecule has 14 heavy (non-hydrogen) atoms. The predicted octanol–water partition coefficient (Wildman–Crippen LogP) is -0.456. The molecule has 82 valence electrons. The van der Waals surface area contributed by atoms with Gasteiger partial charge in [0.15, 0.2) is 0 Å². The van der Waals surface area contributed by atoms with Crippen LogP contribution < -0.4 is 0 Å². The molecule has 0 aliphatic carbocycles. The van der Waals surface area contributed by atoms with Crippen molar-refractivity contribution in [3.8, 4) is 0 Å². The Morgan fingerprint density at radius 2 is 2.36 bits per heavy atom. The lowest BCUT2D eigenvalue weighted by atomic mass is 10.2. The molecule has 1 aliphatic rings. The summed E-state index contributed by atoms with van der Waals surface area (Å²) in [6.07, 6.45) is 0.767. The minimum Gasteiger partial charge on any atom is -0.481 e. The highest BCUT2D eigenvalue weighted by molar-refractivity contribution is 5.66. The molecule has 0 spiro atoms. The third kappa shape index (κ3) is 4.04. The zero-order valence-electron chi connectivity index (χ0n) is 8.19. The second-order valence-electron chi connectivity index (χ2n) is 3.47. The highest BCUT2D eigenvalue weighted by Gasteiger charge is 2.18. The molecule has 5 nitrogen and oxygen atoms in total. The van der Waals surface area contributed by atoms with Crippen molar-refractivity contribution < 1.29 is 19.7 Å². The smallest absolute Gasteiger partial charge is 0.303 e. The molecule has 5 heteroatoms. The molecule has 1 unspecified atom stereocenters. The van der Waals surface area contributed by atoms with Crippen LogP contribution in [0.25, 0.3) is 0 Å². The number of nitrogens with zero attached hydrogens (tertiary/aromatic N) is 1. The average molecular weight is 203 g/mol. The quantitative estimate of drug-likeness (QED) is 0.633. The fourth-order valence-corrected chi connectivity index (χ4v) is 1.55. The van der Waals surface area contributed by atoms with E-state index in [4.69, 9.17) is 14.9 Å².